The van der Waals surface area contributed by atoms with E-state index in [9.17, 15) is 24.0 Å². The molecule has 1 heterocycles. The molecule has 1 aliphatic heterocycles. The van der Waals surface area contributed by atoms with E-state index in [1.807, 2.05) is 134 Å². The lowest BCUT2D eigenvalue weighted by molar-refractivity contribution is -0.163. The SMILES string of the molecule is CCOc1ccc(CNC(=O)c2ccc(C(C(=O)OC(C)(C)C)N3CCN(CC(=O)OC(C)(C)C)CCN(CC(=O)OC(C)(C)C)CCN(CC(=O)OC(C)(C)C)CC3)cc2)cc1. The largest absolute Gasteiger partial charge is 0.494 e. The van der Waals surface area contributed by atoms with Crippen LogP contribution in [0.2, 0.25) is 0 Å². The molecule has 3 rings (SSSR count). The number of hydrogen-bond acceptors (Lipinski definition) is 14. The van der Waals surface area contributed by atoms with E-state index >= 15 is 0 Å². The summed E-state index contributed by atoms with van der Waals surface area (Å²) in [5.41, 5.74) is -0.934. The minimum absolute atomic E-state index is 0.0141. The van der Waals surface area contributed by atoms with E-state index in [-0.39, 0.29) is 31.5 Å². The molecule has 1 N–H and O–H groups in total. The van der Waals surface area contributed by atoms with Gasteiger partial charge in [0.1, 0.15) is 34.2 Å². The monoisotopic (exact) mass is 882 g/mol. The highest BCUT2D eigenvalue weighted by Crippen LogP contribution is 2.26. The molecule has 0 aliphatic carbocycles. The first kappa shape index (κ1) is 52.8. The number of carbonyl (C=O) groups is 5. The van der Waals surface area contributed by atoms with Crippen molar-refractivity contribution in [2.45, 2.75) is 125 Å². The molecule has 0 aromatic heterocycles. The first-order valence-corrected chi connectivity index (χ1v) is 22.1. The molecule has 15 nitrogen and oxygen atoms in total. The van der Waals surface area contributed by atoms with Crippen molar-refractivity contribution in [3.05, 3.63) is 65.2 Å². The van der Waals surface area contributed by atoms with Gasteiger partial charge in [0.25, 0.3) is 5.91 Å². The van der Waals surface area contributed by atoms with Crippen LogP contribution < -0.4 is 10.1 Å². The Balaban J connectivity index is 2.01. The fraction of sp³-hybridized carbons (Fsp3) is 0.646. The molecule has 0 radical (unpaired) electrons. The van der Waals surface area contributed by atoms with E-state index < -0.39 is 46.4 Å². The number of rotatable bonds is 14. The summed E-state index contributed by atoms with van der Waals surface area (Å²) in [6.45, 7) is 27.5. The molecule has 1 atom stereocenters. The Morgan fingerprint density at radius 1 is 0.540 bits per heavy atom. The quantitative estimate of drug-likeness (QED) is 0.184. The Labute approximate surface area is 376 Å². The van der Waals surface area contributed by atoms with Crippen molar-refractivity contribution < 1.29 is 47.7 Å². The smallest absolute Gasteiger partial charge is 0.328 e. The fourth-order valence-electron chi connectivity index (χ4n) is 6.78. The average molecular weight is 882 g/mol. The summed E-state index contributed by atoms with van der Waals surface area (Å²) < 4.78 is 28.7. The number of carbonyl (C=O) groups excluding carboxylic acids is 5. The van der Waals surface area contributed by atoms with Gasteiger partial charge >= 0.3 is 23.9 Å². The maximum atomic E-state index is 14.4. The summed E-state index contributed by atoms with van der Waals surface area (Å²) in [4.78, 5) is 75.3. The zero-order valence-electron chi connectivity index (χ0n) is 40.3. The Morgan fingerprint density at radius 3 is 1.29 bits per heavy atom. The van der Waals surface area contributed by atoms with Gasteiger partial charge in [-0.1, -0.05) is 24.3 Å². The highest BCUT2D eigenvalue weighted by Gasteiger charge is 2.34. The van der Waals surface area contributed by atoms with Crippen LogP contribution in [0.4, 0.5) is 0 Å². The van der Waals surface area contributed by atoms with Crippen LogP contribution in [0.1, 0.15) is 118 Å². The first-order valence-electron chi connectivity index (χ1n) is 22.1. The number of nitrogens with one attached hydrogen (secondary N) is 1. The van der Waals surface area contributed by atoms with Gasteiger partial charge < -0.3 is 29.0 Å². The predicted octanol–water partition coefficient (Wildman–Crippen LogP) is 5.64. The molecule has 15 heteroatoms. The summed E-state index contributed by atoms with van der Waals surface area (Å²) in [5, 5.41) is 2.97. The summed E-state index contributed by atoms with van der Waals surface area (Å²) in [6.07, 6.45) is 0. The van der Waals surface area contributed by atoms with Crippen LogP contribution in [-0.2, 0) is 44.7 Å². The Bertz CT molecular complexity index is 1740. The van der Waals surface area contributed by atoms with Gasteiger partial charge in [-0.2, -0.15) is 0 Å². The summed E-state index contributed by atoms with van der Waals surface area (Å²) >= 11 is 0. The van der Waals surface area contributed by atoms with Crippen LogP contribution in [-0.4, -0.2) is 150 Å². The topological polar surface area (TPSA) is 156 Å². The van der Waals surface area contributed by atoms with Gasteiger partial charge in [-0.3, -0.25) is 38.8 Å². The second-order valence-electron chi connectivity index (χ2n) is 19.9. The molecule has 0 spiro atoms. The number of amides is 1. The van der Waals surface area contributed by atoms with Crippen LogP contribution in [0, 0.1) is 0 Å². The standard InChI is InChI=1S/C48H75N5O10/c1-14-59-38-21-15-35(16-22-38)31-49-43(57)37-19-17-36(18-20-37)42(44(58)63-48(11,12)13)53-29-27-51(33-40(55)61-46(5,6)7)25-23-50(32-39(54)60-45(2,3)4)24-26-52(28-30-53)34-41(56)62-47(8,9)10/h15-22,42H,14,23-34H2,1-13H3,(H,49,57). The number of hydrogen-bond donors (Lipinski definition) is 1. The van der Waals surface area contributed by atoms with E-state index in [2.05, 4.69) is 5.32 Å². The van der Waals surface area contributed by atoms with E-state index in [4.69, 9.17) is 23.7 Å². The highest BCUT2D eigenvalue weighted by atomic mass is 16.6. The summed E-state index contributed by atoms with van der Waals surface area (Å²) in [5.74, 6) is -1.18. The van der Waals surface area contributed by atoms with Crippen LogP contribution in [0.15, 0.2) is 48.5 Å². The van der Waals surface area contributed by atoms with Crippen molar-refractivity contribution in [1.82, 2.24) is 24.9 Å². The minimum atomic E-state index is -0.913. The number of nitrogens with zero attached hydrogens (tertiary/aromatic N) is 4. The second-order valence-corrected chi connectivity index (χ2v) is 19.9. The van der Waals surface area contributed by atoms with Crippen LogP contribution in [0.25, 0.3) is 0 Å². The van der Waals surface area contributed by atoms with Crippen molar-refractivity contribution in [3.63, 3.8) is 0 Å². The van der Waals surface area contributed by atoms with Crippen molar-refractivity contribution in [2.24, 2.45) is 0 Å². The molecule has 1 fully saturated rings. The summed E-state index contributed by atoms with van der Waals surface area (Å²) in [7, 11) is 0. The lowest BCUT2D eigenvalue weighted by Gasteiger charge is -2.37. The molecule has 1 saturated heterocycles. The Kier molecular flexibility index (Phi) is 19.6. The van der Waals surface area contributed by atoms with E-state index in [0.29, 0.717) is 76.6 Å². The van der Waals surface area contributed by atoms with Gasteiger partial charge in [0.2, 0.25) is 0 Å². The maximum Gasteiger partial charge on any atom is 0.328 e. The molecule has 0 bridgehead atoms. The molecular formula is C48H75N5O10. The fourth-order valence-corrected chi connectivity index (χ4v) is 6.78. The van der Waals surface area contributed by atoms with E-state index in [1.54, 1.807) is 24.3 Å². The zero-order valence-corrected chi connectivity index (χ0v) is 40.3. The third-order valence-corrected chi connectivity index (χ3v) is 9.36. The van der Waals surface area contributed by atoms with Crippen molar-refractivity contribution in [1.29, 1.82) is 0 Å². The van der Waals surface area contributed by atoms with Crippen molar-refractivity contribution >= 4 is 29.8 Å². The third-order valence-electron chi connectivity index (χ3n) is 9.36. The Hall–Kier alpha value is -4.57. The second kappa shape index (κ2) is 23.4. The predicted molar refractivity (Wildman–Crippen MR) is 242 cm³/mol. The number of esters is 4. The first-order chi connectivity index (χ1) is 29.2. The van der Waals surface area contributed by atoms with Gasteiger partial charge in [-0.25, -0.2) is 4.79 Å². The third kappa shape index (κ3) is 21.1. The van der Waals surface area contributed by atoms with E-state index in [0.717, 1.165) is 11.3 Å². The molecule has 1 unspecified atom stereocenters. The lowest BCUT2D eigenvalue weighted by atomic mass is 10.0. The molecule has 0 saturated carbocycles. The molecular weight excluding hydrogens is 807 g/mol. The van der Waals surface area contributed by atoms with Crippen LogP contribution >= 0.6 is 0 Å². The van der Waals surface area contributed by atoms with Crippen LogP contribution in [0.5, 0.6) is 5.75 Å². The van der Waals surface area contributed by atoms with Gasteiger partial charge in [0.05, 0.1) is 26.2 Å². The molecule has 1 aliphatic rings. The zero-order chi connectivity index (χ0) is 47.2. The van der Waals surface area contributed by atoms with Gasteiger partial charge in [-0.15, -0.1) is 0 Å². The van der Waals surface area contributed by atoms with Gasteiger partial charge in [-0.05, 0) is 125 Å². The van der Waals surface area contributed by atoms with Crippen LogP contribution in [0.3, 0.4) is 0 Å². The average Bonchev–Trinajstić information content (AvgIpc) is 3.12. The van der Waals surface area contributed by atoms with Gasteiger partial charge in [0, 0.05) is 64.5 Å². The van der Waals surface area contributed by atoms with Crippen molar-refractivity contribution in [3.8, 4) is 5.75 Å². The van der Waals surface area contributed by atoms with E-state index in [1.165, 1.54) is 0 Å². The normalized spacial score (nSPS) is 16.5. The molecule has 1 amide bonds. The maximum absolute atomic E-state index is 14.4. The summed E-state index contributed by atoms with van der Waals surface area (Å²) in [6, 6.07) is 13.5. The molecule has 2 aromatic carbocycles. The highest BCUT2D eigenvalue weighted by molar-refractivity contribution is 5.94. The number of ether oxygens (including phenoxy) is 5. The minimum Gasteiger partial charge on any atom is -0.494 e. The number of benzene rings is 2. The molecule has 2 aromatic rings. The van der Waals surface area contributed by atoms with Gasteiger partial charge in [0.15, 0.2) is 0 Å². The molecule has 352 valence electrons. The Morgan fingerprint density at radius 2 is 0.921 bits per heavy atom. The van der Waals surface area contributed by atoms with Crippen molar-refractivity contribution in [2.75, 3.05) is 78.6 Å². The lowest BCUT2D eigenvalue weighted by Crippen LogP contribution is -2.51. The molecule has 63 heavy (non-hydrogen) atoms.